The summed E-state index contributed by atoms with van der Waals surface area (Å²) in [5, 5.41) is 2.89. The van der Waals surface area contributed by atoms with Crippen molar-refractivity contribution in [1.82, 2.24) is 0 Å². The van der Waals surface area contributed by atoms with Crippen molar-refractivity contribution in [3.8, 4) is 0 Å². The molecule has 0 fully saturated rings. The second kappa shape index (κ2) is 5.14. The highest BCUT2D eigenvalue weighted by molar-refractivity contribution is 6.07. The molecule has 3 heteroatoms. The molecule has 0 heterocycles. The summed E-state index contributed by atoms with van der Waals surface area (Å²) in [4.78, 5) is 12.2. The van der Waals surface area contributed by atoms with E-state index in [1.165, 1.54) is 0 Å². The van der Waals surface area contributed by atoms with E-state index < -0.39 is 0 Å². The van der Waals surface area contributed by atoms with Crippen molar-refractivity contribution in [3.63, 3.8) is 0 Å². The van der Waals surface area contributed by atoms with E-state index in [0.29, 0.717) is 11.3 Å². The Hall–Kier alpha value is -2.29. The van der Waals surface area contributed by atoms with Gasteiger partial charge >= 0.3 is 0 Å². The number of rotatable bonds is 2. The van der Waals surface area contributed by atoms with Gasteiger partial charge in [-0.15, -0.1) is 0 Å². The third-order valence-electron chi connectivity index (χ3n) is 2.93. The standard InChI is InChI=1S/C16H18N2O/c1-10-4-5-15(17)14(9-10)16(19)18-13-7-11(2)6-12(3)8-13/h4-9H,17H2,1-3H3,(H,18,19). The highest BCUT2D eigenvalue weighted by Gasteiger charge is 2.10. The van der Waals surface area contributed by atoms with Crippen molar-refractivity contribution in [2.45, 2.75) is 20.8 Å². The van der Waals surface area contributed by atoms with Crippen molar-refractivity contribution in [1.29, 1.82) is 0 Å². The van der Waals surface area contributed by atoms with Crippen LogP contribution in [0.15, 0.2) is 36.4 Å². The van der Waals surface area contributed by atoms with Crippen LogP contribution in [0.3, 0.4) is 0 Å². The van der Waals surface area contributed by atoms with E-state index >= 15 is 0 Å². The summed E-state index contributed by atoms with van der Waals surface area (Å²) in [6, 6.07) is 11.4. The lowest BCUT2D eigenvalue weighted by molar-refractivity contribution is 0.102. The normalized spacial score (nSPS) is 10.3. The molecular formula is C16H18N2O. The number of carbonyl (C=O) groups is 1. The molecule has 0 aliphatic rings. The Bertz CT molecular complexity index is 612. The second-order valence-corrected chi connectivity index (χ2v) is 4.92. The molecule has 2 aromatic carbocycles. The molecule has 2 rings (SSSR count). The van der Waals surface area contributed by atoms with Gasteiger partial charge in [0.1, 0.15) is 0 Å². The van der Waals surface area contributed by atoms with Crippen LogP contribution >= 0.6 is 0 Å². The lowest BCUT2D eigenvalue weighted by atomic mass is 10.1. The minimum atomic E-state index is -0.175. The molecule has 1 amide bonds. The molecule has 0 bridgehead atoms. The average Bonchev–Trinajstić information content (AvgIpc) is 2.30. The number of anilines is 2. The number of nitrogen functional groups attached to an aromatic ring is 1. The van der Waals surface area contributed by atoms with Crippen LogP contribution in [0.4, 0.5) is 11.4 Å². The van der Waals surface area contributed by atoms with Gasteiger partial charge in [0, 0.05) is 11.4 Å². The van der Waals surface area contributed by atoms with Crippen molar-refractivity contribution in [2.24, 2.45) is 0 Å². The van der Waals surface area contributed by atoms with Gasteiger partial charge in [0.15, 0.2) is 0 Å². The van der Waals surface area contributed by atoms with Crippen LogP contribution in [0.25, 0.3) is 0 Å². The fourth-order valence-corrected chi connectivity index (χ4v) is 2.11. The van der Waals surface area contributed by atoms with Crippen molar-refractivity contribution >= 4 is 17.3 Å². The summed E-state index contributed by atoms with van der Waals surface area (Å²) >= 11 is 0. The molecular weight excluding hydrogens is 236 g/mol. The van der Waals surface area contributed by atoms with Gasteiger partial charge in [0.25, 0.3) is 5.91 Å². The maximum absolute atomic E-state index is 12.2. The fraction of sp³-hybridized carbons (Fsp3) is 0.188. The third-order valence-corrected chi connectivity index (χ3v) is 2.93. The SMILES string of the molecule is Cc1cc(C)cc(NC(=O)c2cc(C)ccc2N)c1. The molecule has 0 aliphatic heterocycles. The van der Waals surface area contributed by atoms with Crippen LogP contribution in [-0.2, 0) is 0 Å². The van der Waals surface area contributed by atoms with Gasteiger partial charge in [-0.25, -0.2) is 0 Å². The smallest absolute Gasteiger partial charge is 0.257 e. The monoisotopic (exact) mass is 254 g/mol. The van der Waals surface area contributed by atoms with Gasteiger partial charge in [0.05, 0.1) is 5.56 Å². The molecule has 0 aromatic heterocycles. The zero-order chi connectivity index (χ0) is 14.0. The van der Waals surface area contributed by atoms with Crippen LogP contribution in [-0.4, -0.2) is 5.91 Å². The first-order chi connectivity index (χ1) is 8.95. The van der Waals surface area contributed by atoms with Crippen molar-refractivity contribution in [3.05, 3.63) is 58.7 Å². The molecule has 0 radical (unpaired) electrons. The Morgan fingerprint density at radius 1 is 0.947 bits per heavy atom. The van der Waals surface area contributed by atoms with Crippen LogP contribution in [0.5, 0.6) is 0 Å². The van der Waals surface area contributed by atoms with E-state index in [2.05, 4.69) is 11.4 Å². The van der Waals surface area contributed by atoms with Gasteiger partial charge in [-0.1, -0.05) is 17.7 Å². The summed E-state index contributed by atoms with van der Waals surface area (Å²) < 4.78 is 0. The highest BCUT2D eigenvalue weighted by atomic mass is 16.1. The lowest BCUT2D eigenvalue weighted by Gasteiger charge is -2.10. The maximum atomic E-state index is 12.2. The zero-order valence-corrected chi connectivity index (χ0v) is 11.4. The first-order valence-corrected chi connectivity index (χ1v) is 6.21. The van der Waals surface area contributed by atoms with Crippen LogP contribution in [0.2, 0.25) is 0 Å². The number of aryl methyl sites for hydroxylation is 3. The van der Waals surface area contributed by atoms with E-state index in [9.17, 15) is 4.79 Å². The molecule has 19 heavy (non-hydrogen) atoms. The summed E-state index contributed by atoms with van der Waals surface area (Å²) in [7, 11) is 0. The Balaban J connectivity index is 2.28. The van der Waals surface area contributed by atoms with Gasteiger partial charge < -0.3 is 11.1 Å². The average molecular weight is 254 g/mol. The van der Waals surface area contributed by atoms with Gasteiger partial charge in [-0.2, -0.15) is 0 Å². The lowest BCUT2D eigenvalue weighted by Crippen LogP contribution is -2.14. The Morgan fingerprint density at radius 3 is 2.21 bits per heavy atom. The van der Waals surface area contributed by atoms with Crippen LogP contribution in [0, 0.1) is 20.8 Å². The minimum absolute atomic E-state index is 0.175. The number of amides is 1. The van der Waals surface area contributed by atoms with Crippen molar-refractivity contribution < 1.29 is 4.79 Å². The quantitative estimate of drug-likeness (QED) is 0.806. The summed E-state index contributed by atoms with van der Waals surface area (Å²) in [5.74, 6) is -0.175. The molecule has 0 saturated heterocycles. The molecule has 3 N–H and O–H groups in total. The molecule has 0 aliphatic carbocycles. The van der Waals surface area contributed by atoms with E-state index in [-0.39, 0.29) is 5.91 Å². The van der Waals surface area contributed by atoms with E-state index in [1.54, 1.807) is 12.1 Å². The summed E-state index contributed by atoms with van der Waals surface area (Å²) in [5.41, 5.74) is 10.9. The number of hydrogen-bond donors (Lipinski definition) is 2. The third kappa shape index (κ3) is 3.13. The summed E-state index contributed by atoms with van der Waals surface area (Å²) in [6.45, 7) is 5.94. The van der Waals surface area contributed by atoms with E-state index in [1.807, 2.05) is 39.0 Å². The first-order valence-electron chi connectivity index (χ1n) is 6.21. The number of hydrogen-bond acceptors (Lipinski definition) is 2. The Labute approximate surface area is 113 Å². The number of nitrogens with two attached hydrogens (primary N) is 1. The van der Waals surface area contributed by atoms with Crippen LogP contribution in [0.1, 0.15) is 27.0 Å². The Kier molecular flexibility index (Phi) is 3.56. The number of carbonyl (C=O) groups excluding carboxylic acids is 1. The molecule has 0 atom stereocenters. The topological polar surface area (TPSA) is 55.1 Å². The second-order valence-electron chi connectivity index (χ2n) is 4.92. The van der Waals surface area contributed by atoms with Crippen LogP contribution < -0.4 is 11.1 Å². The van der Waals surface area contributed by atoms with Crippen molar-refractivity contribution in [2.75, 3.05) is 11.1 Å². The molecule has 0 spiro atoms. The van der Waals surface area contributed by atoms with Gasteiger partial charge in [-0.05, 0) is 56.2 Å². The van der Waals surface area contributed by atoms with E-state index in [0.717, 1.165) is 22.4 Å². The molecule has 2 aromatic rings. The summed E-state index contributed by atoms with van der Waals surface area (Å²) in [6.07, 6.45) is 0. The predicted octanol–water partition coefficient (Wildman–Crippen LogP) is 3.45. The molecule has 0 unspecified atom stereocenters. The Morgan fingerprint density at radius 2 is 1.58 bits per heavy atom. The predicted molar refractivity (Wildman–Crippen MR) is 79.5 cm³/mol. The maximum Gasteiger partial charge on any atom is 0.257 e. The zero-order valence-electron chi connectivity index (χ0n) is 11.4. The fourth-order valence-electron chi connectivity index (χ4n) is 2.11. The molecule has 3 nitrogen and oxygen atoms in total. The first kappa shape index (κ1) is 13.1. The highest BCUT2D eigenvalue weighted by Crippen LogP contribution is 2.18. The van der Waals surface area contributed by atoms with Gasteiger partial charge in [0.2, 0.25) is 0 Å². The number of nitrogens with one attached hydrogen (secondary N) is 1. The van der Waals surface area contributed by atoms with E-state index in [4.69, 9.17) is 5.73 Å². The number of benzene rings is 2. The molecule has 98 valence electrons. The minimum Gasteiger partial charge on any atom is -0.398 e. The molecule has 0 saturated carbocycles. The van der Waals surface area contributed by atoms with Gasteiger partial charge in [-0.3, -0.25) is 4.79 Å². The largest absolute Gasteiger partial charge is 0.398 e.